The second-order valence-corrected chi connectivity index (χ2v) is 15.7. The van der Waals surface area contributed by atoms with Crippen molar-refractivity contribution >= 4 is 62.2 Å². The fourth-order valence-electron chi connectivity index (χ4n) is 3.99. The number of aryl methyl sites for hydroxylation is 2. The van der Waals surface area contributed by atoms with Crippen LogP contribution in [0.4, 0.5) is 0 Å². The monoisotopic (exact) mass is 692 g/mol. The van der Waals surface area contributed by atoms with E-state index in [0.29, 0.717) is 0 Å². The second kappa shape index (κ2) is 15.1. The summed E-state index contributed by atoms with van der Waals surface area (Å²) >= 11 is 1.27. The van der Waals surface area contributed by atoms with Gasteiger partial charge in [-0.05, 0) is 0 Å². The van der Waals surface area contributed by atoms with Crippen molar-refractivity contribution in [3.8, 4) is 0 Å². The van der Waals surface area contributed by atoms with Gasteiger partial charge in [0.15, 0.2) is 0 Å². The van der Waals surface area contributed by atoms with Gasteiger partial charge >= 0.3 is 99.5 Å². The topological polar surface area (TPSA) is 0 Å². The van der Waals surface area contributed by atoms with Crippen LogP contribution in [0.3, 0.4) is 0 Å². The van der Waals surface area contributed by atoms with E-state index in [2.05, 4.69) is 147 Å². The summed E-state index contributed by atoms with van der Waals surface area (Å²) in [6.45, 7) is 4.25. The number of hydrogen-bond acceptors (Lipinski definition) is 0. The van der Waals surface area contributed by atoms with Crippen LogP contribution in [0, 0.1) is 13.8 Å². The third-order valence-corrected chi connectivity index (χ3v) is 13.7. The van der Waals surface area contributed by atoms with Crippen LogP contribution in [-0.2, 0) is 23.0 Å². The minimum absolute atomic E-state index is 0. The average Bonchev–Trinajstić information content (AvgIpc) is 3.46. The first-order chi connectivity index (χ1) is 16.6. The van der Waals surface area contributed by atoms with E-state index in [4.69, 9.17) is 0 Å². The first-order valence-corrected chi connectivity index (χ1v) is 18.4. The summed E-state index contributed by atoms with van der Waals surface area (Å²) in [6.07, 6.45) is 0. The number of fused-ring (bicyclic) bond motifs is 2. The Kier molecular flexibility index (Phi) is 12.6. The molecule has 6 aromatic rings. The van der Waals surface area contributed by atoms with Crippen molar-refractivity contribution in [3.63, 3.8) is 0 Å². The van der Waals surface area contributed by atoms with Crippen molar-refractivity contribution < 1.29 is 23.0 Å². The van der Waals surface area contributed by atoms with Crippen LogP contribution in [-0.4, -0.2) is 5.49 Å². The SMILES string of the molecule is Cc1cc2ccccc2[cH-]1.Cc1cc2ccccc2[cH-]1.Cl.Cl.[Hf+2]=[Si](c1ccccc1)c1ccccc1. The number of benzene rings is 4. The molecule has 0 saturated carbocycles. The summed E-state index contributed by atoms with van der Waals surface area (Å²) in [5.74, 6) is 0. The van der Waals surface area contributed by atoms with Gasteiger partial charge in [0.05, 0.1) is 0 Å². The Labute approximate surface area is 242 Å². The first kappa shape index (κ1) is 30.0. The van der Waals surface area contributed by atoms with Gasteiger partial charge in [-0.2, -0.15) is 12.1 Å². The van der Waals surface area contributed by atoms with Gasteiger partial charge in [0.2, 0.25) is 0 Å². The van der Waals surface area contributed by atoms with Crippen LogP contribution in [0.15, 0.2) is 133 Å². The molecule has 0 spiro atoms. The minimum atomic E-state index is -0.406. The van der Waals surface area contributed by atoms with Gasteiger partial charge in [-0.15, -0.1) is 106 Å². The second-order valence-electron chi connectivity index (χ2n) is 8.43. The van der Waals surface area contributed by atoms with Gasteiger partial charge in [-0.1, -0.05) is 26.0 Å². The molecule has 0 aliphatic carbocycles. The number of hydrogen-bond donors (Lipinski definition) is 0. The average molecular weight is 692 g/mol. The van der Waals surface area contributed by atoms with Crippen LogP contribution >= 0.6 is 24.8 Å². The van der Waals surface area contributed by atoms with E-state index in [1.165, 1.54) is 66.0 Å². The van der Waals surface area contributed by atoms with Gasteiger partial charge in [0.1, 0.15) is 0 Å². The fourth-order valence-corrected chi connectivity index (χ4v) is 8.97. The van der Waals surface area contributed by atoms with Crippen LogP contribution in [0.25, 0.3) is 21.5 Å². The molecule has 36 heavy (non-hydrogen) atoms. The molecule has 6 rings (SSSR count). The molecule has 0 N–H and O–H groups in total. The van der Waals surface area contributed by atoms with Gasteiger partial charge in [0, 0.05) is 0 Å². The Morgan fingerprint density at radius 3 is 1.19 bits per heavy atom. The molecule has 0 fully saturated rings. The molecule has 6 aromatic carbocycles. The third kappa shape index (κ3) is 8.42. The zero-order valence-corrected chi connectivity index (χ0v) is 26.7. The van der Waals surface area contributed by atoms with Crippen LogP contribution in [0.5, 0.6) is 0 Å². The molecule has 4 heteroatoms. The van der Waals surface area contributed by atoms with Crippen LogP contribution in [0.1, 0.15) is 11.1 Å². The van der Waals surface area contributed by atoms with Gasteiger partial charge in [-0.3, -0.25) is 0 Å². The molecule has 0 aliphatic heterocycles. The molecule has 180 valence electrons. The van der Waals surface area contributed by atoms with Crippen molar-refractivity contribution in [2.24, 2.45) is 0 Å². The fraction of sp³-hybridized carbons (Fsp3) is 0.0625. The molecule has 0 unspecified atom stereocenters. The molecule has 0 nitrogen and oxygen atoms in total. The first-order valence-electron chi connectivity index (χ1n) is 11.5. The normalized spacial score (nSPS) is 9.67. The maximum atomic E-state index is 2.26. The molecule has 0 amide bonds. The molecule has 0 bridgehead atoms. The van der Waals surface area contributed by atoms with Crippen molar-refractivity contribution in [3.05, 3.63) is 145 Å². The van der Waals surface area contributed by atoms with Gasteiger partial charge in [0.25, 0.3) is 0 Å². The molecule has 0 aromatic heterocycles. The Hall–Kier alpha value is -2.23. The maximum absolute atomic E-state index is 2.26. The van der Waals surface area contributed by atoms with E-state index in [1.54, 1.807) is 0 Å². The molecule has 0 atom stereocenters. The summed E-state index contributed by atoms with van der Waals surface area (Å²) < 4.78 is 0. The third-order valence-electron chi connectivity index (χ3n) is 5.65. The van der Waals surface area contributed by atoms with E-state index in [0.717, 1.165) is 0 Å². The standard InChI is InChI=1S/C12H10Si.2C10H9.2ClH.Hf/c1-3-7-11(8-4-1)13-12-9-5-2-6-10-12;2*1-8-6-9-4-2-3-5-10(9)7-8;;;/h1-10H;2*2-7H,1H3;2*1H;/q;2*-1;;;+2. The summed E-state index contributed by atoms with van der Waals surface area (Å²) in [6, 6.07) is 47.4. The molecular formula is C32H30Cl2HfSi. The predicted molar refractivity (Wildman–Crippen MR) is 161 cm³/mol. The Bertz CT molecular complexity index is 1300. The summed E-state index contributed by atoms with van der Waals surface area (Å²) in [5, 5.41) is 8.46. The Morgan fingerprint density at radius 2 is 0.833 bits per heavy atom. The summed E-state index contributed by atoms with van der Waals surface area (Å²) in [7, 11) is 0. The van der Waals surface area contributed by atoms with Crippen molar-refractivity contribution in [1.82, 2.24) is 0 Å². The predicted octanol–water partition coefficient (Wildman–Crippen LogP) is 7.92. The number of rotatable bonds is 2. The zero-order chi connectivity index (χ0) is 23.8. The molecule has 0 aliphatic rings. The van der Waals surface area contributed by atoms with Gasteiger partial charge < -0.3 is 0 Å². The Balaban J connectivity index is 0.000000188. The Morgan fingerprint density at radius 1 is 0.500 bits per heavy atom. The van der Waals surface area contributed by atoms with Crippen LogP contribution in [0.2, 0.25) is 0 Å². The molecule has 0 heterocycles. The van der Waals surface area contributed by atoms with Crippen LogP contribution < -0.4 is 10.4 Å². The van der Waals surface area contributed by atoms with Crippen molar-refractivity contribution in [2.75, 3.05) is 0 Å². The van der Waals surface area contributed by atoms with Crippen molar-refractivity contribution in [2.45, 2.75) is 13.8 Å². The summed E-state index contributed by atoms with van der Waals surface area (Å²) in [5.41, 5.74) is 2.29. The van der Waals surface area contributed by atoms with E-state index in [1.807, 2.05) is 0 Å². The van der Waals surface area contributed by atoms with E-state index in [9.17, 15) is 0 Å². The molecule has 0 saturated heterocycles. The molecule has 0 radical (unpaired) electrons. The van der Waals surface area contributed by atoms with Crippen molar-refractivity contribution in [1.29, 1.82) is 0 Å². The number of halogens is 2. The summed E-state index contributed by atoms with van der Waals surface area (Å²) in [4.78, 5) is 0. The quantitative estimate of drug-likeness (QED) is 0.128. The van der Waals surface area contributed by atoms with Gasteiger partial charge in [-0.25, -0.2) is 0 Å². The van der Waals surface area contributed by atoms with E-state index in [-0.39, 0.29) is 24.8 Å². The zero-order valence-electron chi connectivity index (χ0n) is 20.5. The van der Waals surface area contributed by atoms with E-state index < -0.39 is 5.49 Å². The molecular weight excluding hydrogens is 662 g/mol. The van der Waals surface area contributed by atoms with E-state index >= 15 is 0 Å².